The van der Waals surface area contributed by atoms with E-state index in [1.54, 1.807) is 24.4 Å². The molecule has 24 heavy (non-hydrogen) atoms. The molecular formula is C18H12N2O3S. The highest BCUT2D eigenvalue weighted by atomic mass is 32.2. The summed E-state index contributed by atoms with van der Waals surface area (Å²) in [6.07, 6.45) is 3.59. The van der Waals surface area contributed by atoms with Crippen molar-refractivity contribution < 1.29 is 14.7 Å². The van der Waals surface area contributed by atoms with Crippen LogP contribution in [-0.4, -0.2) is 22.0 Å². The first-order valence-electron chi connectivity index (χ1n) is 7.26. The Morgan fingerprint density at radius 3 is 2.83 bits per heavy atom. The van der Waals surface area contributed by atoms with Crippen LogP contribution in [0.2, 0.25) is 0 Å². The minimum atomic E-state index is -0.967. The number of para-hydroxylation sites is 1. The van der Waals surface area contributed by atoms with E-state index in [0.717, 1.165) is 27.0 Å². The molecule has 0 unspecified atom stereocenters. The molecule has 0 bridgehead atoms. The molecule has 2 heterocycles. The zero-order chi connectivity index (χ0) is 16.7. The number of amides is 1. The number of carbonyl (C=O) groups is 2. The number of fused-ring (bicyclic) bond motifs is 2. The molecule has 2 aromatic carbocycles. The maximum Gasteiger partial charge on any atom is 0.335 e. The van der Waals surface area contributed by atoms with Crippen molar-refractivity contribution in [3.05, 3.63) is 64.7 Å². The average molecular weight is 336 g/mol. The number of H-pyrrole nitrogens is 1. The third-order valence-electron chi connectivity index (χ3n) is 3.83. The van der Waals surface area contributed by atoms with Crippen LogP contribution in [0.15, 0.2) is 58.5 Å². The number of aromatic nitrogens is 1. The topological polar surface area (TPSA) is 82.2 Å². The summed E-state index contributed by atoms with van der Waals surface area (Å²) in [5.41, 5.74) is 2.61. The van der Waals surface area contributed by atoms with E-state index in [0.29, 0.717) is 4.91 Å². The van der Waals surface area contributed by atoms with Gasteiger partial charge in [-0.25, -0.2) is 4.79 Å². The summed E-state index contributed by atoms with van der Waals surface area (Å²) in [7, 11) is 0. The third-order valence-corrected chi connectivity index (χ3v) is 4.93. The van der Waals surface area contributed by atoms with E-state index in [1.807, 2.05) is 30.3 Å². The summed E-state index contributed by atoms with van der Waals surface area (Å²) in [5.74, 6) is -1.11. The standard InChI is InChI=1S/C18H12N2O3S/c21-17-16(24-15-4-2-1-3-13(15)20-17)8-11-9-19-14-7-10(18(22)23)5-6-12(11)14/h1-9,19H,(H,20,21)(H,22,23)/b16-8-. The van der Waals surface area contributed by atoms with Gasteiger partial charge in [0.15, 0.2) is 0 Å². The minimum absolute atomic E-state index is 0.143. The van der Waals surface area contributed by atoms with Gasteiger partial charge in [-0.05, 0) is 30.3 Å². The number of thioether (sulfide) groups is 1. The fourth-order valence-corrected chi connectivity index (χ4v) is 3.59. The molecule has 3 N–H and O–H groups in total. The van der Waals surface area contributed by atoms with Crippen molar-refractivity contribution in [3.8, 4) is 0 Å². The molecule has 1 aliphatic heterocycles. The number of rotatable bonds is 2. The SMILES string of the molecule is O=C1Nc2ccccc2S/C1=C\c1c[nH]c2cc(C(=O)O)ccc12. The van der Waals surface area contributed by atoms with Gasteiger partial charge >= 0.3 is 5.97 Å². The number of hydrogen-bond acceptors (Lipinski definition) is 3. The van der Waals surface area contributed by atoms with E-state index in [1.165, 1.54) is 11.8 Å². The largest absolute Gasteiger partial charge is 0.478 e. The average Bonchev–Trinajstić information content (AvgIpc) is 2.97. The molecular weight excluding hydrogens is 324 g/mol. The van der Waals surface area contributed by atoms with Crippen molar-refractivity contribution in [2.75, 3.05) is 5.32 Å². The van der Waals surface area contributed by atoms with E-state index < -0.39 is 5.97 Å². The van der Waals surface area contributed by atoms with Gasteiger partial charge < -0.3 is 15.4 Å². The van der Waals surface area contributed by atoms with E-state index in [-0.39, 0.29) is 11.5 Å². The van der Waals surface area contributed by atoms with Crippen LogP contribution in [0.1, 0.15) is 15.9 Å². The van der Waals surface area contributed by atoms with Crippen molar-refractivity contribution in [3.63, 3.8) is 0 Å². The summed E-state index contributed by atoms with van der Waals surface area (Å²) in [5, 5.41) is 12.8. The molecule has 0 spiro atoms. The van der Waals surface area contributed by atoms with Crippen LogP contribution in [0.5, 0.6) is 0 Å². The van der Waals surface area contributed by atoms with Crippen LogP contribution >= 0.6 is 11.8 Å². The summed E-state index contributed by atoms with van der Waals surface area (Å²) in [6, 6.07) is 12.5. The number of carbonyl (C=O) groups excluding carboxylic acids is 1. The highest BCUT2D eigenvalue weighted by Crippen LogP contribution is 2.39. The number of carboxylic acids is 1. The van der Waals surface area contributed by atoms with Gasteiger partial charge in [0.25, 0.3) is 5.91 Å². The van der Waals surface area contributed by atoms with Crippen molar-refractivity contribution in [1.29, 1.82) is 0 Å². The molecule has 1 aromatic heterocycles. The van der Waals surface area contributed by atoms with E-state index in [4.69, 9.17) is 5.11 Å². The molecule has 3 aromatic rings. The summed E-state index contributed by atoms with van der Waals surface area (Å²) in [6.45, 7) is 0. The van der Waals surface area contributed by atoms with Gasteiger partial charge in [0.1, 0.15) is 0 Å². The Morgan fingerprint density at radius 2 is 2.00 bits per heavy atom. The van der Waals surface area contributed by atoms with Gasteiger partial charge in [-0.15, -0.1) is 0 Å². The molecule has 0 saturated heterocycles. The number of aromatic carboxylic acids is 1. The number of carboxylic acid groups (broad SMARTS) is 1. The predicted octanol–water partition coefficient (Wildman–Crippen LogP) is 3.95. The number of hydrogen-bond donors (Lipinski definition) is 3. The molecule has 6 heteroatoms. The van der Waals surface area contributed by atoms with E-state index in [2.05, 4.69) is 10.3 Å². The molecule has 1 aliphatic rings. The zero-order valence-corrected chi connectivity index (χ0v) is 13.2. The van der Waals surface area contributed by atoms with Crippen molar-refractivity contribution >= 4 is 46.3 Å². The summed E-state index contributed by atoms with van der Waals surface area (Å²) >= 11 is 1.42. The lowest BCUT2D eigenvalue weighted by atomic mass is 10.1. The molecule has 0 radical (unpaired) electrons. The Morgan fingerprint density at radius 1 is 1.17 bits per heavy atom. The molecule has 0 aliphatic carbocycles. The zero-order valence-electron chi connectivity index (χ0n) is 12.4. The van der Waals surface area contributed by atoms with Crippen LogP contribution < -0.4 is 5.32 Å². The lowest BCUT2D eigenvalue weighted by molar-refractivity contribution is -0.112. The Labute approximate surface area is 141 Å². The molecule has 0 atom stereocenters. The van der Waals surface area contributed by atoms with Gasteiger partial charge in [0, 0.05) is 27.6 Å². The van der Waals surface area contributed by atoms with Crippen molar-refractivity contribution in [2.24, 2.45) is 0 Å². The Bertz CT molecular complexity index is 1020. The van der Waals surface area contributed by atoms with Gasteiger partial charge in [0.05, 0.1) is 16.2 Å². The van der Waals surface area contributed by atoms with Crippen molar-refractivity contribution in [1.82, 2.24) is 4.98 Å². The molecule has 118 valence electrons. The number of benzene rings is 2. The minimum Gasteiger partial charge on any atom is -0.478 e. The molecule has 0 fully saturated rings. The van der Waals surface area contributed by atoms with Gasteiger partial charge in [-0.1, -0.05) is 30.0 Å². The van der Waals surface area contributed by atoms with Crippen LogP contribution in [0.3, 0.4) is 0 Å². The molecule has 0 saturated carbocycles. The second kappa shape index (κ2) is 5.58. The van der Waals surface area contributed by atoms with Crippen LogP contribution in [0.25, 0.3) is 17.0 Å². The first-order chi connectivity index (χ1) is 11.6. The highest BCUT2D eigenvalue weighted by Gasteiger charge is 2.21. The monoisotopic (exact) mass is 336 g/mol. The smallest absolute Gasteiger partial charge is 0.335 e. The van der Waals surface area contributed by atoms with Gasteiger partial charge in [-0.2, -0.15) is 0 Å². The van der Waals surface area contributed by atoms with Gasteiger partial charge in [-0.3, -0.25) is 4.79 Å². The summed E-state index contributed by atoms with van der Waals surface area (Å²) < 4.78 is 0. The first-order valence-corrected chi connectivity index (χ1v) is 8.08. The normalized spacial score (nSPS) is 15.3. The number of anilines is 1. The van der Waals surface area contributed by atoms with Gasteiger partial charge in [0.2, 0.25) is 0 Å². The second-order valence-electron chi connectivity index (χ2n) is 5.37. The molecule has 5 nitrogen and oxygen atoms in total. The Hall–Kier alpha value is -2.99. The van der Waals surface area contributed by atoms with Crippen LogP contribution in [0, 0.1) is 0 Å². The summed E-state index contributed by atoms with van der Waals surface area (Å²) in [4.78, 5) is 28.0. The maximum absolute atomic E-state index is 12.3. The quantitative estimate of drug-likeness (QED) is 0.619. The van der Waals surface area contributed by atoms with Crippen LogP contribution in [-0.2, 0) is 4.79 Å². The Balaban J connectivity index is 1.75. The second-order valence-corrected chi connectivity index (χ2v) is 6.45. The molecule has 1 amide bonds. The van der Waals surface area contributed by atoms with E-state index in [9.17, 15) is 9.59 Å². The van der Waals surface area contributed by atoms with E-state index >= 15 is 0 Å². The number of aromatic amines is 1. The number of nitrogens with one attached hydrogen (secondary N) is 2. The van der Waals surface area contributed by atoms with Crippen LogP contribution in [0.4, 0.5) is 5.69 Å². The highest BCUT2D eigenvalue weighted by molar-refractivity contribution is 8.04. The first kappa shape index (κ1) is 14.6. The molecule has 4 rings (SSSR count). The predicted molar refractivity (Wildman–Crippen MR) is 94.2 cm³/mol. The maximum atomic E-state index is 12.3. The van der Waals surface area contributed by atoms with Crippen molar-refractivity contribution in [2.45, 2.75) is 4.90 Å². The Kier molecular flexibility index (Phi) is 3.39. The lowest BCUT2D eigenvalue weighted by Gasteiger charge is -2.18. The fourth-order valence-electron chi connectivity index (χ4n) is 2.64. The third kappa shape index (κ3) is 2.47. The lowest BCUT2D eigenvalue weighted by Crippen LogP contribution is -2.16. The fraction of sp³-hybridized carbons (Fsp3) is 0.